The van der Waals surface area contributed by atoms with E-state index in [2.05, 4.69) is 36.0 Å². The van der Waals surface area contributed by atoms with Gasteiger partial charge in [-0.05, 0) is 63.7 Å². The van der Waals surface area contributed by atoms with E-state index in [0.29, 0.717) is 17.7 Å². The van der Waals surface area contributed by atoms with Crippen LogP contribution in [0.3, 0.4) is 0 Å². The Labute approximate surface area is 130 Å². The predicted octanol–water partition coefficient (Wildman–Crippen LogP) is 1.81. The van der Waals surface area contributed by atoms with Crippen molar-refractivity contribution < 1.29 is 4.79 Å². The number of piperidine rings is 1. The first-order valence-electron chi connectivity index (χ1n) is 8.77. The van der Waals surface area contributed by atoms with E-state index in [9.17, 15) is 4.79 Å². The molecule has 2 aliphatic rings. The number of carbonyl (C=O) groups excluding carboxylic acids is 1. The Kier molecular flexibility index (Phi) is 6.49. The van der Waals surface area contributed by atoms with Gasteiger partial charge in [-0.2, -0.15) is 0 Å². The van der Waals surface area contributed by atoms with E-state index in [1.807, 2.05) is 0 Å². The van der Waals surface area contributed by atoms with Crippen molar-refractivity contribution in [1.29, 1.82) is 0 Å². The van der Waals surface area contributed by atoms with Crippen LogP contribution in [0.25, 0.3) is 0 Å². The van der Waals surface area contributed by atoms with E-state index in [0.717, 1.165) is 51.6 Å². The summed E-state index contributed by atoms with van der Waals surface area (Å²) < 4.78 is 0. The highest BCUT2D eigenvalue weighted by atomic mass is 16.2. The number of nitrogens with zero attached hydrogens (tertiary/aromatic N) is 2. The van der Waals surface area contributed by atoms with E-state index in [1.165, 1.54) is 19.3 Å². The molecule has 2 heterocycles. The molecule has 122 valence electrons. The highest BCUT2D eigenvalue weighted by Gasteiger charge is 2.29. The molecular formula is C17H33N3O. The first-order chi connectivity index (χ1) is 10.1. The molecule has 0 aromatic carbocycles. The molecule has 1 amide bonds. The van der Waals surface area contributed by atoms with E-state index in [1.54, 1.807) is 0 Å². The van der Waals surface area contributed by atoms with Crippen molar-refractivity contribution in [2.75, 3.05) is 46.3 Å². The van der Waals surface area contributed by atoms with Crippen molar-refractivity contribution in [3.63, 3.8) is 0 Å². The van der Waals surface area contributed by atoms with Gasteiger partial charge in [0.05, 0.1) is 0 Å². The number of hydrogen-bond acceptors (Lipinski definition) is 3. The molecule has 2 unspecified atom stereocenters. The van der Waals surface area contributed by atoms with Gasteiger partial charge in [-0.15, -0.1) is 0 Å². The summed E-state index contributed by atoms with van der Waals surface area (Å²) >= 11 is 0. The van der Waals surface area contributed by atoms with Crippen LogP contribution in [0.5, 0.6) is 0 Å². The van der Waals surface area contributed by atoms with Gasteiger partial charge in [0.1, 0.15) is 0 Å². The molecule has 0 radical (unpaired) electrons. The summed E-state index contributed by atoms with van der Waals surface area (Å²) in [7, 11) is 2.17. The smallest absolute Gasteiger partial charge is 0.222 e. The minimum absolute atomic E-state index is 0.391. The number of hydrogen-bond donors (Lipinski definition) is 1. The third kappa shape index (κ3) is 4.96. The van der Waals surface area contributed by atoms with Crippen molar-refractivity contribution >= 4 is 5.91 Å². The van der Waals surface area contributed by atoms with Gasteiger partial charge < -0.3 is 15.1 Å². The van der Waals surface area contributed by atoms with E-state index in [4.69, 9.17) is 0 Å². The van der Waals surface area contributed by atoms with Crippen molar-refractivity contribution in [2.24, 2.45) is 17.8 Å². The molecule has 1 N–H and O–H groups in total. The summed E-state index contributed by atoms with van der Waals surface area (Å²) in [5.41, 5.74) is 0. The van der Waals surface area contributed by atoms with Crippen LogP contribution in [0.2, 0.25) is 0 Å². The zero-order chi connectivity index (χ0) is 15.2. The zero-order valence-corrected chi connectivity index (χ0v) is 14.1. The maximum atomic E-state index is 12.5. The second-order valence-electron chi connectivity index (χ2n) is 7.12. The van der Waals surface area contributed by atoms with Crippen molar-refractivity contribution in [1.82, 2.24) is 15.1 Å². The molecule has 0 saturated carbocycles. The molecule has 21 heavy (non-hydrogen) atoms. The fraction of sp³-hybridized carbons (Fsp3) is 0.941. The van der Waals surface area contributed by atoms with Crippen LogP contribution in [-0.2, 0) is 4.79 Å². The maximum Gasteiger partial charge on any atom is 0.222 e. The van der Waals surface area contributed by atoms with E-state index in [-0.39, 0.29) is 0 Å². The first-order valence-corrected chi connectivity index (χ1v) is 8.77. The SMILES string of the molecule is CCN(C)CC1CCN(C(=O)CC(C)C2CCNCC2)C1. The molecule has 0 bridgehead atoms. The van der Waals surface area contributed by atoms with Gasteiger partial charge in [0, 0.05) is 26.1 Å². The standard InChI is InChI=1S/C17H33N3O/c1-4-19(3)12-15-7-10-20(13-15)17(21)11-14(2)16-5-8-18-9-6-16/h14-16,18H,4-13H2,1-3H3. The van der Waals surface area contributed by atoms with Gasteiger partial charge in [-0.1, -0.05) is 13.8 Å². The quantitative estimate of drug-likeness (QED) is 0.812. The Morgan fingerprint density at radius 2 is 2.05 bits per heavy atom. The first kappa shape index (κ1) is 16.8. The van der Waals surface area contributed by atoms with Crippen molar-refractivity contribution in [2.45, 2.75) is 39.5 Å². The number of amides is 1. The summed E-state index contributed by atoms with van der Waals surface area (Å²) in [6.45, 7) is 10.9. The molecule has 0 spiro atoms. The normalized spacial score (nSPS) is 25.5. The maximum absolute atomic E-state index is 12.5. The van der Waals surface area contributed by atoms with Gasteiger partial charge >= 0.3 is 0 Å². The van der Waals surface area contributed by atoms with Crippen LogP contribution >= 0.6 is 0 Å². The largest absolute Gasteiger partial charge is 0.342 e. The lowest BCUT2D eigenvalue weighted by molar-refractivity contribution is -0.131. The molecule has 4 nitrogen and oxygen atoms in total. The Hall–Kier alpha value is -0.610. The highest BCUT2D eigenvalue weighted by molar-refractivity contribution is 5.76. The number of nitrogens with one attached hydrogen (secondary N) is 1. The minimum Gasteiger partial charge on any atom is -0.342 e. The zero-order valence-electron chi connectivity index (χ0n) is 14.1. The Morgan fingerprint density at radius 3 is 2.71 bits per heavy atom. The lowest BCUT2D eigenvalue weighted by Crippen LogP contribution is -2.35. The number of likely N-dealkylation sites (tertiary alicyclic amines) is 1. The fourth-order valence-electron chi connectivity index (χ4n) is 3.76. The third-order valence-electron chi connectivity index (χ3n) is 5.43. The molecule has 0 aromatic heterocycles. The monoisotopic (exact) mass is 295 g/mol. The summed E-state index contributed by atoms with van der Waals surface area (Å²) in [4.78, 5) is 17.0. The molecule has 2 saturated heterocycles. The van der Waals surface area contributed by atoms with E-state index >= 15 is 0 Å². The van der Waals surface area contributed by atoms with Crippen LogP contribution in [0.15, 0.2) is 0 Å². The minimum atomic E-state index is 0.391. The van der Waals surface area contributed by atoms with Crippen molar-refractivity contribution in [3.8, 4) is 0 Å². The Bertz CT molecular complexity index is 328. The second kappa shape index (κ2) is 8.14. The summed E-state index contributed by atoms with van der Waals surface area (Å²) in [5.74, 6) is 2.34. The van der Waals surface area contributed by atoms with Gasteiger partial charge in [0.15, 0.2) is 0 Å². The fourth-order valence-corrected chi connectivity index (χ4v) is 3.76. The summed E-state index contributed by atoms with van der Waals surface area (Å²) in [6, 6.07) is 0. The average molecular weight is 295 g/mol. The molecule has 2 atom stereocenters. The van der Waals surface area contributed by atoms with Gasteiger partial charge in [-0.25, -0.2) is 0 Å². The summed E-state index contributed by atoms with van der Waals surface area (Å²) in [5, 5.41) is 3.41. The van der Waals surface area contributed by atoms with Crippen LogP contribution < -0.4 is 5.32 Å². The topological polar surface area (TPSA) is 35.6 Å². The second-order valence-corrected chi connectivity index (χ2v) is 7.12. The molecule has 0 aliphatic carbocycles. The van der Waals surface area contributed by atoms with E-state index < -0.39 is 0 Å². The third-order valence-corrected chi connectivity index (χ3v) is 5.43. The lowest BCUT2D eigenvalue weighted by Gasteiger charge is -2.29. The molecule has 0 aromatic rings. The van der Waals surface area contributed by atoms with Crippen LogP contribution in [0, 0.1) is 17.8 Å². The van der Waals surface area contributed by atoms with Crippen LogP contribution in [0.1, 0.15) is 39.5 Å². The van der Waals surface area contributed by atoms with Gasteiger partial charge in [0.25, 0.3) is 0 Å². The van der Waals surface area contributed by atoms with Crippen LogP contribution in [0.4, 0.5) is 0 Å². The van der Waals surface area contributed by atoms with Gasteiger partial charge in [0.2, 0.25) is 5.91 Å². The predicted molar refractivity (Wildman–Crippen MR) is 87.2 cm³/mol. The molecular weight excluding hydrogens is 262 g/mol. The number of carbonyl (C=O) groups is 1. The molecule has 2 aliphatic heterocycles. The molecule has 2 fully saturated rings. The van der Waals surface area contributed by atoms with Crippen molar-refractivity contribution in [3.05, 3.63) is 0 Å². The van der Waals surface area contributed by atoms with Gasteiger partial charge in [-0.3, -0.25) is 4.79 Å². The number of rotatable bonds is 6. The molecule has 2 rings (SSSR count). The van der Waals surface area contributed by atoms with Crippen LogP contribution in [-0.4, -0.2) is 62.0 Å². The molecule has 4 heteroatoms. The Morgan fingerprint density at radius 1 is 1.33 bits per heavy atom. The Balaban J connectivity index is 1.73. The average Bonchev–Trinajstić information content (AvgIpc) is 2.96. The summed E-state index contributed by atoms with van der Waals surface area (Å²) in [6.07, 6.45) is 4.40. The highest BCUT2D eigenvalue weighted by Crippen LogP contribution is 2.26. The lowest BCUT2D eigenvalue weighted by atomic mass is 9.84.